The topological polar surface area (TPSA) is 119 Å². The number of hydrogen-bond acceptors (Lipinski definition) is 7. The summed E-state index contributed by atoms with van der Waals surface area (Å²) in [5.74, 6) is 0.496. The molecular weight excluding hydrogens is 507 g/mol. The van der Waals surface area contributed by atoms with Crippen molar-refractivity contribution in [2.75, 3.05) is 16.9 Å². The fraction of sp³-hybridized carbons (Fsp3) is 0.222. The highest BCUT2D eigenvalue weighted by Crippen LogP contribution is 2.31. The molecule has 0 aliphatic carbocycles. The largest absolute Gasteiger partial charge is 0.339 e. The summed E-state index contributed by atoms with van der Waals surface area (Å²) in [6, 6.07) is 6.67. The van der Waals surface area contributed by atoms with Crippen molar-refractivity contribution in [3.05, 3.63) is 42.2 Å². The lowest BCUT2D eigenvalue weighted by atomic mass is 10.1. The van der Waals surface area contributed by atoms with Crippen molar-refractivity contribution in [2.45, 2.75) is 23.4 Å². The number of sulfone groups is 1. The Kier molecular flexibility index (Phi) is 6.17. The molecule has 0 saturated heterocycles. The summed E-state index contributed by atoms with van der Waals surface area (Å²) >= 11 is 2.20. The van der Waals surface area contributed by atoms with Gasteiger partial charge in [-0.3, -0.25) is 9.48 Å². The summed E-state index contributed by atoms with van der Waals surface area (Å²) in [5, 5.41) is 10.3. The number of alkyl halides is 1. The average molecular weight is 526 g/mol. The molecule has 0 aromatic carbocycles. The summed E-state index contributed by atoms with van der Waals surface area (Å²) in [6.45, 7) is 3.22. The van der Waals surface area contributed by atoms with E-state index in [2.05, 4.69) is 48.3 Å². The Balaban J connectivity index is 2.09. The number of amides is 1. The molecule has 9 nitrogen and oxygen atoms in total. The molecule has 11 heteroatoms. The molecule has 3 heterocycles. The van der Waals surface area contributed by atoms with Crippen LogP contribution in [0.4, 0.5) is 17.3 Å². The standard InChI is InChI=1S/C18H19IN6O3S/c1-11-4-5-17(29(3,27)28)23-18(11)22-15-8-16(21-12(2)26)20-9-13(15)14-6-7-25(10-19)24-14/h4-9H,10H2,1-3H3,(H2,20,21,22,23,26). The molecule has 0 fully saturated rings. The number of anilines is 3. The fourth-order valence-corrected chi connectivity index (χ4v) is 3.51. The van der Waals surface area contributed by atoms with E-state index in [0.717, 1.165) is 11.8 Å². The maximum Gasteiger partial charge on any atom is 0.222 e. The van der Waals surface area contributed by atoms with Gasteiger partial charge in [0.15, 0.2) is 14.9 Å². The molecule has 0 unspecified atom stereocenters. The lowest BCUT2D eigenvalue weighted by Gasteiger charge is -2.14. The number of pyridine rings is 2. The van der Waals surface area contributed by atoms with Crippen molar-refractivity contribution < 1.29 is 13.2 Å². The summed E-state index contributed by atoms with van der Waals surface area (Å²) < 4.78 is 26.2. The molecule has 0 aliphatic heterocycles. The minimum absolute atomic E-state index is 0.0301. The highest BCUT2D eigenvalue weighted by molar-refractivity contribution is 14.1. The maximum absolute atomic E-state index is 11.9. The van der Waals surface area contributed by atoms with Crippen LogP contribution < -0.4 is 10.6 Å². The third-order valence-electron chi connectivity index (χ3n) is 3.95. The molecule has 2 N–H and O–H groups in total. The Morgan fingerprint density at radius 2 is 2.03 bits per heavy atom. The average Bonchev–Trinajstić information content (AvgIpc) is 3.11. The lowest BCUT2D eigenvalue weighted by Crippen LogP contribution is -2.09. The van der Waals surface area contributed by atoms with E-state index >= 15 is 0 Å². The van der Waals surface area contributed by atoms with Gasteiger partial charge in [0.2, 0.25) is 5.91 Å². The van der Waals surface area contributed by atoms with Gasteiger partial charge in [-0.15, -0.1) is 0 Å². The van der Waals surface area contributed by atoms with Gasteiger partial charge >= 0.3 is 0 Å². The number of halogens is 1. The van der Waals surface area contributed by atoms with Crippen LogP contribution in [0.15, 0.2) is 41.7 Å². The number of aromatic nitrogens is 4. The molecule has 0 saturated carbocycles. The normalized spacial score (nSPS) is 11.3. The lowest BCUT2D eigenvalue weighted by molar-refractivity contribution is -0.114. The van der Waals surface area contributed by atoms with Crippen molar-refractivity contribution >= 4 is 55.7 Å². The molecule has 1 amide bonds. The summed E-state index contributed by atoms with van der Waals surface area (Å²) in [5.41, 5.74) is 2.72. The van der Waals surface area contributed by atoms with Crippen LogP contribution in [0.5, 0.6) is 0 Å². The second-order valence-corrected chi connectivity index (χ2v) is 9.01. The van der Waals surface area contributed by atoms with Crippen LogP contribution in [0.2, 0.25) is 0 Å². The quantitative estimate of drug-likeness (QED) is 0.374. The van der Waals surface area contributed by atoms with Gasteiger partial charge < -0.3 is 10.6 Å². The highest BCUT2D eigenvalue weighted by Gasteiger charge is 2.15. The van der Waals surface area contributed by atoms with Crippen LogP contribution in [0, 0.1) is 6.92 Å². The number of nitrogens with zero attached hydrogens (tertiary/aromatic N) is 4. The number of nitrogens with one attached hydrogen (secondary N) is 2. The first kappa shape index (κ1) is 21.2. The van der Waals surface area contributed by atoms with Crippen LogP contribution in [0.1, 0.15) is 12.5 Å². The molecule has 0 bridgehead atoms. The number of aryl methyl sites for hydroxylation is 1. The van der Waals surface area contributed by atoms with Crippen LogP contribution in [0.3, 0.4) is 0 Å². The fourth-order valence-electron chi connectivity index (χ4n) is 2.55. The molecule has 0 spiro atoms. The van der Waals surface area contributed by atoms with E-state index in [4.69, 9.17) is 0 Å². The third-order valence-corrected chi connectivity index (χ3v) is 5.64. The molecular formula is C18H19IN6O3S. The number of hydrogen-bond donors (Lipinski definition) is 2. The molecule has 152 valence electrons. The summed E-state index contributed by atoms with van der Waals surface area (Å²) in [6.07, 6.45) is 4.56. The van der Waals surface area contributed by atoms with Gasteiger partial charge in [0.25, 0.3) is 0 Å². The molecule has 3 aromatic heterocycles. The van der Waals surface area contributed by atoms with E-state index < -0.39 is 9.84 Å². The number of carbonyl (C=O) groups is 1. The Morgan fingerprint density at radius 1 is 1.28 bits per heavy atom. The number of carbonyl (C=O) groups excluding carboxylic acids is 1. The van der Waals surface area contributed by atoms with Gasteiger partial charge in [0.1, 0.15) is 11.6 Å². The first-order valence-corrected chi connectivity index (χ1v) is 11.9. The molecule has 3 rings (SSSR count). The first-order chi connectivity index (χ1) is 13.7. The van der Waals surface area contributed by atoms with E-state index in [1.807, 2.05) is 19.2 Å². The summed E-state index contributed by atoms with van der Waals surface area (Å²) in [4.78, 5) is 19.9. The van der Waals surface area contributed by atoms with Gasteiger partial charge in [0, 0.05) is 37.2 Å². The Labute approximate surface area is 182 Å². The minimum Gasteiger partial charge on any atom is -0.339 e. The van der Waals surface area contributed by atoms with E-state index in [1.165, 1.54) is 13.0 Å². The third kappa shape index (κ3) is 5.09. The molecule has 0 radical (unpaired) electrons. The van der Waals surface area contributed by atoms with Gasteiger partial charge in [-0.25, -0.2) is 18.4 Å². The SMILES string of the molecule is CC(=O)Nc1cc(Nc2nc(S(C)(=O)=O)ccc2C)c(-c2ccn(CI)n2)cn1. The smallest absolute Gasteiger partial charge is 0.222 e. The van der Waals surface area contributed by atoms with E-state index in [1.54, 1.807) is 23.0 Å². The van der Waals surface area contributed by atoms with E-state index in [9.17, 15) is 13.2 Å². The van der Waals surface area contributed by atoms with Crippen molar-refractivity contribution in [1.82, 2.24) is 19.7 Å². The molecule has 29 heavy (non-hydrogen) atoms. The second-order valence-electron chi connectivity index (χ2n) is 6.37. The van der Waals surface area contributed by atoms with Crippen LogP contribution in [-0.2, 0) is 19.2 Å². The van der Waals surface area contributed by atoms with Crippen LogP contribution >= 0.6 is 22.6 Å². The van der Waals surface area contributed by atoms with Gasteiger partial charge in [-0.2, -0.15) is 5.10 Å². The van der Waals surface area contributed by atoms with Crippen LogP contribution in [-0.4, -0.2) is 40.3 Å². The van der Waals surface area contributed by atoms with Crippen molar-refractivity contribution in [1.29, 1.82) is 0 Å². The monoisotopic (exact) mass is 526 g/mol. The zero-order valence-electron chi connectivity index (χ0n) is 16.0. The Hall–Kier alpha value is -2.54. The predicted octanol–water partition coefficient (Wildman–Crippen LogP) is 3.15. The Morgan fingerprint density at radius 3 is 2.66 bits per heavy atom. The van der Waals surface area contributed by atoms with Crippen molar-refractivity contribution in [3.8, 4) is 11.3 Å². The van der Waals surface area contributed by atoms with Crippen molar-refractivity contribution in [3.63, 3.8) is 0 Å². The zero-order chi connectivity index (χ0) is 21.2. The Bertz CT molecular complexity index is 1180. The molecule has 0 atom stereocenters. The summed E-state index contributed by atoms with van der Waals surface area (Å²) in [7, 11) is -3.46. The predicted molar refractivity (Wildman–Crippen MR) is 119 cm³/mol. The highest BCUT2D eigenvalue weighted by atomic mass is 127. The van der Waals surface area contributed by atoms with Gasteiger partial charge in [-0.1, -0.05) is 28.7 Å². The zero-order valence-corrected chi connectivity index (χ0v) is 18.9. The van der Waals surface area contributed by atoms with Gasteiger partial charge in [0.05, 0.1) is 15.9 Å². The maximum atomic E-state index is 11.9. The van der Waals surface area contributed by atoms with Gasteiger partial charge in [-0.05, 0) is 24.6 Å². The van der Waals surface area contributed by atoms with Crippen molar-refractivity contribution in [2.24, 2.45) is 0 Å². The van der Waals surface area contributed by atoms with E-state index in [0.29, 0.717) is 33.1 Å². The molecule has 0 aliphatic rings. The second kappa shape index (κ2) is 8.45. The number of rotatable bonds is 6. The minimum atomic E-state index is -3.46. The van der Waals surface area contributed by atoms with Crippen LogP contribution in [0.25, 0.3) is 11.3 Å². The molecule has 3 aromatic rings. The van der Waals surface area contributed by atoms with E-state index in [-0.39, 0.29) is 10.9 Å². The first-order valence-electron chi connectivity index (χ1n) is 8.49.